The van der Waals surface area contributed by atoms with E-state index < -0.39 is 11.9 Å². The third-order valence-electron chi connectivity index (χ3n) is 5.90. The molecule has 0 saturated heterocycles. The Balaban J connectivity index is 1.69. The van der Waals surface area contributed by atoms with Gasteiger partial charge in [0, 0.05) is 15.6 Å². The Morgan fingerprint density at radius 2 is 1.29 bits per heavy atom. The number of hydrogen-bond donors (Lipinski definition) is 0. The topological polar surface area (TPSA) is 120 Å². The van der Waals surface area contributed by atoms with Gasteiger partial charge in [0.25, 0.3) is 0 Å². The van der Waals surface area contributed by atoms with E-state index in [9.17, 15) is 9.59 Å². The van der Waals surface area contributed by atoms with Crippen molar-refractivity contribution in [2.24, 2.45) is 4.99 Å². The van der Waals surface area contributed by atoms with Gasteiger partial charge in [-0.15, -0.1) is 0 Å². The van der Waals surface area contributed by atoms with E-state index in [0.717, 1.165) is 0 Å². The average molecular weight is 628 g/mol. The van der Waals surface area contributed by atoms with E-state index in [2.05, 4.69) is 20.9 Å². The number of nitrogens with zero attached hydrogens (tertiary/aromatic N) is 1. The molecule has 1 aliphatic heterocycles. The Labute approximate surface area is 244 Å². The SMILES string of the molecule is COc1cc(C(=O)Oc2ccc(Br)cc2/C=C2/N=C(c3cc(OC)c(OC)c(OC)c3)OC2=O)cc(OC)c1OC. The Bertz CT molecular complexity index is 1510. The second kappa shape index (κ2) is 12.6. The Hall–Kier alpha value is -4.71. The van der Waals surface area contributed by atoms with Crippen molar-refractivity contribution in [3.05, 3.63) is 69.3 Å². The zero-order valence-corrected chi connectivity index (χ0v) is 24.6. The summed E-state index contributed by atoms with van der Waals surface area (Å²) in [5, 5.41) is 0. The van der Waals surface area contributed by atoms with Crippen LogP contribution in [0.25, 0.3) is 6.08 Å². The van der Waals surface area contributed by atoms with Gasteiger partial charge in [0.1, 0.15) is 5.75 Å². The first-order chi connectivity index (χ1) is 19.8. The molecule has 1 aliphatic rings. The maximum Gasteiger partial charge on any atom is 0.363 e. The van der Waals surface area contributed by atoms with Gasteiger partial charge in [0.05, 0.1) is 48.2 Å². The number of carbonyl (C=O) groups is 2. The number of methoxy groups -OCH3 is 6. The van der Waals surface area contributed by atoms with Crippen molar-refractivity contribution < 1.29 is 47.5 Å². The number of halogens is 1. The molecule has 0 radical (unpaired) electrons. The summed E-state index contributed by atoms with van der Waals surface area (Å²) in [6, 6.07) is 11.1. The molecule has 0 saturated carbocycles. The Morgan fingerprint density at radius 1 is 0.756 bits per heavy atom. The fourth-order valence-corrected chi connectivity index (χ4v) is 4.35. The van der Waals surface area contributed by atoms with Gasteiger partial charge in [-0.25, -0.2) is 14.6 Å². The molecule has 3 aromatic rings. The summed E-state index contributed by atoms with van der Waals surface area (Å²) >= 11 is 3.41. The highest BCUT2D eigenvalue weighted by Gasteiger charge is 2.27. The lowest BCUT2D eigenvalue weighted by atomic mass is 10.1. The van der Waals surface area contributed by atoms with Crippen LogP contribution in [0.1, 0.15) is 21.5 Å². The number of rotatable bonds is 10. The predicted octanol–water partition coefficient (Wildman–Crippen LogP) is 5.06. The lowest BCUT2D eigenvalue weighted by molar-refractivity contribution is -0.129. The van der Waals surface area contributed by atoms with E-state index in [-0.39, 0.29) is 22.9 Å². The van der Waals surface area contributed by atoms with Crippen molar-refractivity contribution in [3.63, 3.8) is 0 Å². The number of benzene rings is 3. The molecule has 4 rings (SSSR count). The van der Waals surface area contributed by atoms with E-state index in [4.69, 9.17) is 37.9 Å². The standard InChI is InChI=1S/C29H26BrNO10/c1-34-21-11-16(12-22(35-2)25(21)38-5)27-31-19(29(33)41-27)10-15-9-18(30)7-8-20(15)40-28(32)17-13-23(36-3)26(39-6)24(14-17)37-4/h7-14H,1-6H3/b19-10+. The number of esters is 2. The van der Waals surface area contributed by atoms with Crippen LogP contribution in [-0.2, 0) is 9.53 Å². The number of cyclic esters (lactones) is 1. The predicted molar refractivity (Wildman–Crippen MR) is 152 cm³/mol. The Kier molecular flexibility index (Phi) is 9.03. The van der Waals surface area contributed by atoms with E-state index in [0.29, 0.717) is 50.1 Å². The van der Waals surface area contributed by atoms with Crippen LogP contribution in [0.3, 0.4) is 0 Å². The van der Waals surface area contributed by atoms with Gasteiger partial charge in [-0.2, -0.15) is 0 Å². The molecule has 41 heavy (non-hydrogen) atoms. The zero-order valence-electron chi connectivity index (χ0n) is 23.0. The van der Waals surface area contributed by atoms with Crippen LogP contribution in [0.15, 0.2) is 57.6 Å². The van der Waals surface area contributed by atoms with Gasteiger partial charge in [-0.1, -0.05) is 15.9 Å². The molecule has 214 valence electrons. The number of ether oxygens (including phenoxy) is 8. The second-order valence-corrected chi connectivity index (χ2v) is 9.15. The molecule has 11 nitrogen and oxygen atoms in total. The molecule has 0 atom stereocenters. The van der Waals surface area contributed by atoms with Crippen LogP contribution in [-0.4, -0.2) is 60.5 Å². The van der Waals surface area contributed by atoms with E-state index in [1.165, 1.54) is 60.9 Å². The van der Waals surface area contributed by atoms with Crippen LogP contribution in [0.5, 0.6) is 40.2 Å². The molecule has 0 aromatic heterocycles. The Morgan fingerprint density at radius 3 is 1.80 bits per heavy atom. The third kappa shape index (κ3) is 6.07. The van der Waals surface area contributed by atoms with Crippen LogP contribution < -0.4 is 33.2 Å². The lowest BCUT2D eigenvalue weighted by Gasteiger charge is -2.14. The molecule has 12 heteroatoms. The summed E-state index contributed by atoms with van der Waals surface area (Å²) in [7, 11) is 8.78. The molecule has 0 fully saturated rings. The summed E-state index contributed by atoms with van der Waals surface area (Å²) in [6.45, 7) is 0. The first-order valence-electron chi connectivity index (χ1n) is 11.9. The minimum Gasteiger partial charge on any atom is -0.493 e. The minimum atomic E-state index is -0.698. The quantitative estimate of drug-likeness (QED) is 0.171. The van der Waals surface area contributed by atoms with Crippen LogP contribution in [0, 0.1) is 0 Å². The number of carbonyl (C=O) groups excluding carboxylic acids is 2. The van der Waals surface area contributed by atoms with E-state index in [1.807, 2.05) is 0 Å². The molecular formula is C29H26BrNO10. The van der Waals surface area contributed by atoms with Gasteiger partial charge < -0.3 is 37.9 Å². The van der Waals surface area contributed by atoms with Crippen molar-refractivity contribution in [2.75, 3.05) is 42.7 Å². The monoisotopic (exact) mass is 627 g/mol. The highest BCUT2D eigenvalue weighted by Crippen LogP contribution is 2.40. The molecule has 0 unspecified atom stereocenters. The van der Waals surface area contributed by atoms with Crippen molar-refractivity contribution in [2.45, 2.75) is 0 Å². The molecule has 0 bridgehead atoms. The summed E-state index contributed by atoms with van der Waals surface area (Å²) < 4.78 is 43.9. The maximum absolute atomic E-state index is 13.1. The largest absolute Gasteiger partial charge is 0.493 e. The number of hydrogen-bond acceptors (Lipinski definition) is 11. The van der Waals surface area contributed by atoms with E-state index >= 15 is 0 Å². The van der Waals surface area contributed by atoms with Crippen LogP contribution >= 0.6 is 15.9 Å². The highest BCUT2D eigenvalue weighted by atomic mass is 79.9. The number of aliphatic imine (C=N–C) groups is 1. The molecule has 0 spiro atoms. The van der Waals surface area contributed by atoms with Crippen molar-refractivity contribution in [1.29, 1.82) is 0 Å². The molecular weight excluding hydrogens is 602 g/mol. The fraction of sp³-hybridized carbons (Fsp3) is 0.207. The van der Waals surface area contributed by atoms with Crippen molar-refractivity contribution in [1.82, 2.24) is 0 Å². The van der Waals surface area contributed by atoms with Crippen LogP contribution in [0.4, 0.5) is 0 Å². The maximum atomic E-state index is 13.1. The summed E-state index contributed by atoms with van der Waals surface area (Å²) in [5.41, 5.74) is 0.961. The normalized spacial score (nSPS) is 13.3. The highest BCUT2D eigenvalue weighted by molar-refractivity contribution is 9.10. The van der Waals surface area contributed by atoms with Crippen molar-refractivity contribution in [3.8, 4) is 40.2 Å². The summed E-state index contributed by atoms with van der Waals surface area (Å²) in [5.74, 6) is 0.844. The summed E-state index contributed by atoms with van der Waals surface area (Å²) in [4.78, 5) is 30.3. The van der Waals surface area contributed by atoms with Gasteiger partial charge in [-0.3, -0.25) is 0 Å². The van der Waals surface area contributed by atoms with E-state index in [1.54, 1.807) is 30.3 Å². The molecule has 0 N–H and O–H groups in total. The van der Waals surface area contributed by atoms with Gasteiger partial charge >= 0.3 is 11.9 Å². The molecule has 1 heterocycles. The zero-order chi connectivity index (χ0) is 29.7. The third-order valence-corrected chi connectivity index (χ3v) is 6.39. The molecule has 0 aliphatic carbocycles. The van der Waals surface area contributed by atoms with Gasteiger partial charge in [0.15, 0.2) is 28.7 Å². The fourth-order valence-electron chi connectivity index (χ4n) is 3.97. The second-order valence-electron chi connectivity index (χ2n) is 8.24. The summed E-state index contributed by atoms with van der Waals surface area (Å²) in [6.07, 6.45) is 1.45. The lowest BCUT2D eigenvalue weighted by Crippen LogP contribution is -2.10. The van der Waals surface area contributed by atoms with Crippen molar-refractivity contribution >= 4 is 39.8 Å². The molecule has 3 aromatic carbocycles. The molecule has 0 amide bonds. The first kappa shape index (κ1) is 29.3. The van der Waals surface area contributed by atoms with Crippen LogP contribution in [0.2, 0.25) is 0 Å². The first-order valence-corrected chi connectivity index (χ1v) is 12.7. The average Bonchev–Trinajstić information content (AvgIpc) is 3.36. The van der Waals surface area contributed by atoms with Gasteiger partial charge in [0.2, 0.25) is 17.4 Å². The smallest absolute Gasteiger partial charge is 0.363 e. The minimum absolute atomic E-state index is 0.0167. The van der Waals surface area contributed by atoms with Gasteiger partial charge in [-0.05, 0) is 48.5 Å².